The highest BCUT2D eigenvalue weighted by Crippen LogP contribution is 2.55. The van der Waals surface area contributed by atoms with E-state index in [0.29, 0.717) is 17.3 Å². The molecule has 2 heterocycles. The Morgan fingerprint density at radius 3 is 1.98 bits per heavy atom. The lowest BCUT2D eigenvalue weighted by atomic mass is 10.1. The van der Waals surface area contributed by atoms with Gasteiger partial charge in [-0.25, -0.2) is 14.1 Å². The van der Waals surface area contributed by atoms with Crippen molar-refractivity contribution in [2.45, 2.75) is 52.7 Å². The average molecular weight is 601 g/mol. The first-order valence-corrected chi connectivity index (χ1v) is 15.4. The first kappa shape index (κ1) is 30.8. The summed E-state index contributed by atoms with van der Waals surface area (Å²) in [6.45, 7) is 10.2. The van der Waals surface area contributed by atoms with Crippen LogP contribution in [-0.4, -0.2) is 42.2 Å². The highest BCUT2D eigenvalue weighted by atomic mass is 32.1. The fourth-order valence-corrected chi connectivity index (χ4v) is 6.36. The Bertz CT molecular complexity index is 1440. The maximum atomic E-state index is 13.4. The van der Waals surface area contributed by atoms with Gasteiger partial charge >= 0.3 is 7.82 Å². The summed E-state index contributed by atoms with van der Waals surface area (Å²) in [4.78, 5) is 9.50. The first-order valence-electron chi connectivity index (χ1n) is 13.1. The molecule has 0 saturated carbocycles. The number of thiophene rings is 1. The summed E-state index contributed by atoms with van der Waals surface area (Å²) in [5.74, 6) is 1.65. The maximum Gasteiger partial charge on any atom is 0.478 e. The van der Waals surface area contributed by atoms with E-state index in [1.165, 1.54) is 14.2 Å². The van der Waals surface area contributed by atoms with E-state index < -0.39 is 25.8 Å². The number of imidazole rings is 1. The second-order valence-corrected chi connectivity index (χ2v) is 13.6. The van der Waals surface area contributed by atoms with Crippen LogP contribution in [0.5, 0.6) is 17.2 Å². The summed E-state index contributed by atoms with van der Waals surface area (Å²) >= 11 is 1.63. The van der Waals surface area contributed by atoms with Crippen LogP contribution in [0.25, 0.3) is 33.2 Å². The molecule has 2 aromatic heterocycles. The third-order valence-electron chi connectivity index (χ3n) is 5.44. The van der Waals surface area contributed by atoms with Crippen molar-refractivity contribution in [3.8, 4) is 50.5 Å². The van der Waals surface area contributed by atoms with Crippen molar-refractivity contribution in [2.75, 3.05) is 21.0 Å². The Labute approximate surface area is 245 Å². The van der Waals surface area contributed by atoms with Gasteiger partial charge in [0.25, 0.3) is 0 Å². The second-order valence-electron chi connectivity index (χ2n) is 11.1. The summed E-state index contributed by atoms with van der Waals surface area (Å²) in [5, 5.41) is 2.03. The fraction of sp³-hybridized carbons (Fsp3) is 0.367. The highest BCUT2D eigenvalue weighted by molar-refractivity contribution is 7.48. The van der Waals surface area contributed by atoms with Crippen LogP contribution in [0, 0.1) is 0 Å². The van der Waals surface area contributed by atoms with Crippen molar-refractivity contribution in [3.05, 3.63) is 60.0 Å². The van der Waals surface area contributed by atoms with E-state index in [0.717, 1.165) is 27.4 Å². The number of nitrogens with zero attached hydrogens (tertiary/aromatic N) is 1. The number of phosphoric ester groups is 1. The zero-order valence-corrected chi connectivity index (χ0v) is 26.4. The Balaban J connectivity index is 1.65. The standard InChI is InChI=1S/C30H37N2O7PS/c1-29(2,3)38-40(33,39-30(4,5)6)37-19-36-27-22(34-7)17-21(18-23(27)35-8)28-31-25(20-13-10-9-11-14-20)26(32-28)24-15-12-16-41-24/h9-18H,19H2,1-8H3,(H,31,32). The van der Waals surface area contributed by atoms with E-state index >= 15 is 0 Å². The molecule has 0 aliphatic rings. The van der Waals surface area contributed by atoms with Crippen molar-refractivity contribution in [3.63, 3.8) is 0 Å². The molecule has 0 radical (unpaired) electrons. The number of hydrogen-bond donors (Lipinski definition) is 1. The molecule has 9 nitrogen and oxygen atoms in total. The number of ether oxygens (including phenoxy) is 3. The molecule has 0 saturated heterocycles. The summed E-state index contributed by atoms with van der Waals surface area (Å²) in [6, 6.07) is 17.7. The van der Waals surface area contributed by atoms with Crippen LogP contribution < -0.4 is 14.2 Å². The zero-order valence-electron chi connectivity index (χ0n) is 24.6. The predicted molar refractivity (Wildman–Crippen MR) is 162 cm³/mol. The minimum atomic E-state index is -3.98. The van der Waals surface area contributed by atoms with Gasteiger partial charge in [0, 0.05) is 11.1 Å². The van der Waals surface area contributed by atoms with Crippen LogP contribution in [0.3, 0.4) is 0 Å². The van der Waals surface area contributed by atoms with Crippen LogP contribution in [0.2, 0.25) is 0 Å². The van der Waals surface area contributed by atoms with Crippen LogP contribution in [0.1, 0.15) is 41.5 Å². The largest absolute Gasteiger partial charge is 0.493 e. The minimum absolute atomic E-state index is 0.269. The quantitative estimate of drug-likeness (QED) is 0.135. The number of methoxy groups -OCH3 is 2. The molecular formula is C30H37N2O7PS. The second kappa shape index (κ2) is 12.4. The lowest BCUT2D eigenvalue weighted by molar-refractivity contribution is -0.0197. The topological polar surface area (TPSA) is 101 Å². The molecule has 41 heavy (non-hydrogen) atoms. The van der Waals surface area contributed by atoms with E-state index in [-0.39, 0.29) is 5.75 Å². The Kier molecular flexibility index (Phi) is 9.31. The third-order valence-corrected chi connectivity index (χ3v) is 8.29. The molecular weight excluding hydrogens is 563 g/mol. The molecule has 0 spiro atoms. The highest BCUT2D eigenvalue weighted by Gasteiger charge is 2.37. The molecule has 0 aliphatic carbocycles. The smallest absolute Gasteiger partial charge is 0.478 e. The van der Waals surface area contributed by atoms with Gasteiger partial charge < -0.3 is 19.2 Å². The molecule has 0 atom stereocenters. The van der Waals surface area contributed by atoms with Crippen molar-refractivity contribution in [1.82, 2.24) is 9.97 Å². The number of aromatic amines is 1. The molecule has 0 amide bonds. The Morgan fingerprint density at radius 1 is 0.854 bits per heavy atom. The molecule has 4 aromatic rings. The lowest BCUT2D eigenvalue weighted by Gasteiger charge is -2.30. The SMILES string of the molecule is COc1cc(-c2nc(-c3ccccc3)c(-c3cccs3)[nH]2)cc(OC)c1OCOP(=O)(OC(C)(C)C)OC(C)(C)C. The zero-order chi connectivity index (χ0) is 29.8. The number of aromatic nitrogens is 2. The van der Waals surface area contributed by atoms with Crippen molar-refractivity contribution in [1.29, 1.82) is 0 Å². The minimum Gasteiger partial charge on any atom is -0.493 e. The number of hydrogen-bond acceptors (Lipinski definition) is 9. The van der Waals surface area contributed by atoms with Gasteiger partial charge in [-0.2, -0.15) is 0 Å². The summed E-state index contributed by atoms with van der Waals surface area (Å²) in [7, 11) is -0.931. The van der Waals surface area contributed by atoms with Gasteiger partial charge in [0.2, 0.25) is 12.5 Å². The molecule has 11 heteroatoms. The Hall–Kier alpha value is -3.14. The van der Waals surface area contributed by atoms with Crippen LogP contribution >= 0.6 is 19.2 Å². The van der Waals surface area contributed by atoms with Crippen molar-refractivity contribution < 1.29 is 32.3 Å². The molecule has 0 fully saturated rings. The van der Waals surface area contributed by atoms with Crippen LogP contribution in [-0.2, 0) is 18.1 Å². The van der Waals surface area contributed by atoms with Gasteiger partial charge in [0.15, 0.2) is 11.5 Å². The number of benzene rings is 2. The number of phosphoric acid groups is 1. The predicted octanol–water partition coefficient (Wildman–Crippen LogP) is 8.58. The monoisotopic (exact) mass is 600 g/mol. The summed E-state index contributed by atoms with van der Waals surface area (Å²) in [5.41, 5.74) is 1.92. The summed E-state index contributed by atoms with van der Waals surface area (Å²) in [6.07, 6.45) is 0. The molecule has 4 rings (SSSR count). The van der Waals surface area contributed by atoms with Gasteiger partial charge in [-0.3, -0.25) is 9.05 Å². The van der Waals surface area contributed by atoms with E-state index in [1.54, 1.807) is 65.0 Å². The average Bonchev–Trinajstić information content (AvgIpc) is 3.57. The molecule has 0 unspecified atom stereocenters. The molecule has 0 bridgehead atoms. The normalized spacial score (nSPS) is 12.4. The van der Waals surface area contributed by atoms with Gasteiger partial charge in [0.05, 0.1) is 41.7 Å². The number of nitrogens with one attached hydrogen (secondary N) is 1. The maximum absolute atomic E-state index is 13.4. The molecule has 1 N–H and O–H groups in total. The van der Waals surface area contributed by atoms with Crippen molar-refractivity contribution in [2.24, 2.45) is 0 Å². The van der Waals surface area contributed by atoms with E-state index in [4.69, 9.17) is 32.8 Å². The first-order chi connectivity index (χ1) is 19.3. The van der Waals surface area contributed by atoms with Gasteiger partial charge in [-0.15, -0.1) is 11.3 Å². The third kappa shape index (κ3) is 7.99. The number of rotatable bonds is 11. The molecule has 220 valence electrons. The summed E-state index contributed by atoms with van der Waals surface area (Å²) < 4.78 is 47.5. The molecule has 2 aromatic carbocycles. The van der Waals surface area contributed by atoms with Gasteiger partial charge in [-0.1, -0.05) is 36.4 Å². The van der Waals surface area contributed by atoms with E-state index in [9.17, 15) is 4.57 Å². The fourth-order valence-electron chi connectivity index (χ4n) is 3.96. The van der Waals surface area contributed by atoms with E-state index in [2.05, 4.69) is 11.1 Å². The Morgan fingerprint density at radius 2 is 1.46 bits per heavy atom. The van der Waals surface area contributed by atoms with Gasteiger partial charge in [-0.05, 0) is 65.1 Å². The van der Waals surface area contributed by atoms with Crippen LogP contribution in [0.4, 0.5) is 0 Å². The van der Waals surface area contributed by atoms with E-state index in [1.807, 2.05) is 41.8 Å². The lowest BCUT2D eigenvalue weighted by Crippen LogP contribution is -2.25. The molecule has 0 aliphatic heterocycles. The van der Waals surface area contributed by atoms with Crippen molar-refractivity contribution >= 4 is 19.2 Å². The van der Waals surface area contributed by atoms with Gasteiger partial charge in [0.1, 0.15) is 5.82 Å². The van der Waals surface area contributed by atoms with Crippen LogP contribution in [0.15, 0.2) is 60.0 Å². The number of H-pyrrole nitrogens is 1.